The van der Waals surface area contributed by atoms with E-state index in [2.05, 4.69) is 0 Å². The number of likely N-dealkylation sites (tertiary alicyclic amines) is 1. The second-order valence-corrected chi connectivity index (χ2v) is 4.96. The first-order valence-corrected chi connectivity index (χ1v) is 6.38. The molecule has 0 aromatic heterocycles. The summed E-state index contributed by atoms with van der Waals surface area (Å²) in [5.41, 5.74) is 5.96. The summed E-state index contributed by atoms with van der Waals surface area (Å²) in [5.74, 6) is 0.166. The van der Waals surface area contributed by atoms with Gasteiger partial charge in [0.05, 0.1) is 0 Å². The third-order valence-corrected chi connectivity index (χ3v) is 3.64. The van der Waals surface area contributed by atoms with Crippen molar-refractivity contribution < 1.29 is 9.53 Å². The fourth-order valence-corrected chi connectivity index (χ4v) is 2.74. The summed E-state index contributed by atoms with van der Waals surface area (Å²) in [7, 11) is 0. The summed E-state index contributed by atoms with van der Waals surface area (Å²) in [6.45, 7) is 3.57. The molecule has 1 amide bonds. The number of carbonyl (C=O) groups excluding carboxylic acids is 1. The zero-order valence-electron chi connectivity index (χ0n) is 10.4. The Kier molecular flexibility index (Phi) is 5.70. The maximum atomic E-state index is 12.3. The molecule has 5 heteroatoms. The van der Waals surface area contributed by atoms with Crippen LogP contribution in [-0.2, 0) is 9.53 Å². The van der Waals surface area contributed by atoms with Crippen LogP contribution in [0.25, 0.3) is 0 Å². The summed E-state index contributed by atoms with van der Waals surface area (Å²) < 4.78 is 5.46. The summed E-state index contributed by atoms with van der Waals surface area (Å²) in [4.78, 5) is 14.2. The van der Waals surface area contributed by atoms with E-state index >= 15 is 0 Å². The maximum Gasteiger partial charge on any atom is 0.252 e. The Labute approximate surface area is 109 Å². The maximum absolute atomic E-state index is 12.3. The van der Waals surface area contributed by atoms with Crippen molar-refractivity contribution in [2.75, 3.05) is 13.2 Å². The van der Waals surface area contributed by atoms with Crippen molar-refractivity contribution >= 4 is 18.3 Å². The molecule has 2 unspecified atom stereocenters. The molecule has 2 rings (SSSR count). The third-order valence-electron chi connectivity index (χ3n) is 3.64. The lowest BCUT2D eigenvalue weighted by Crippen LogP contribution is -2.54. The van der Waals surface area contributed by atoms with Gasteiger partial charge in [-0.15, -0.1) is 12.4 Å². The van der Waals surface area contributed by atoms with E-state index in [9.17, 15) is 4.79 Å². The lowest BCUT2D eigenvalue weighted by molar-refractivity contribution is -0.145. The van der Waals surface area contributed by atoms with Crippen LogP contribution >= 0.6 is 12.4 Å². The van der Waals surface area contributed by atoms with Gasteiger partial charge < -0.3 is 15.4 Å². The van der Waals surface area contributed by atoms with E-state index < -0.39 is 0 Å². The second kappa shape index (κ2) is 6.57. The van der Waals surface area contributed by atoms with Gasteiger partial charge in [-0.3, -0.25) is 4.79 Å². The molecule has 0 saturated carbocycles. The number of carbonyl (C=O) groups is 1. The van der Waals surface area contributed by atoms with Crippen molar-refractivity contribution in [1.29, 1.82) is 0 Å². The number of rotatable bonds is 2. The van der Waals surface area contributed by atoms with Crippen LogP contribution in [0, 0.1) is 0 Å². The molecule has 2 saturated heterocycles. The van der Waals surface area contributed by atoms with Gasteiger partial charge in [-0.1, -0.05) is 0 Å². The first-order chi connectivity index (χ1) is 7.70. The van der Waals surface area contributed by atoms with E-state index in [4.69, 9.17) is 10.5 Å². The topological polar surface area (TPSA) is 55.6 Å². The van der Waals surface area contributed by atoms with Crippen LogP contribution in [0.4, 0.5) is 0 Å². The molecule has 0 bridgehead atoms. The van der Waals surface area contributed by atoms with Crippen molar-refractivity contribution in [3.05, 3.63) is 0 Å². The number of nitrogens with zero attached hydrogens (tertiary/aromatic N) is 1. The lowest BCUT2D eigenvalue weighted by Gasteiger charge is -2.39. The monoisotopic (exact) mass is 262 g/mol. The average molecular weight is 263 g/mol. The normalized spacial score (nSPS) is 30.8. The van der Waals surface area contributed by atoms with Crippen LogP contribution in [0.1, 0.15) is 39.0 Å². The Morgan fingerprint density at radius 3 is 2.71 bits per heavy atom. The largest absolute Gasteiger partial charge is 0.368 e. The molecular weight excluding hydrogens is 240 g/mol. The van der Waals surface area contributed by atoms with Crippen LogP contribution in [0.5, 0.6) is 0 Å². The van der Waals surface area contributed by atoms with E-state index in [-0.39, 0.29) is 36.5 Å². The van der Waals surface area contributed by atoms with Crippen LogP contribution < -0.4 is 5.73 Å². The predicted octanol–water partition coefficient (Wildman–Crippen LogP) is 1.32. The minimum Gasteiger partial charge on any atom is -0.368 e. The van der Waals surface area contributed by atoms with E-state index in [1.807, 2.05) is 11.8 Å². The fraction of sp³-hybridized carbons (Fsp3) is 0.917. The Hall–Kier alpha value is -0.320. The number of halogens is 1. The van der Waals surface area contributed by atoms with Crippen molar-refractivity contribution in [2.24, 2.45) is 5.73 Å². The first-order valence-electron chi connectivity index (χ1n) is 6.38. The molecular formula is C12H23ClN2O2. The van der Waals surface area contributed by atoms with E-state index in [0.29, 0.717) is 0 Å². The van der Waals surface area contributed by atoms with Crippen molar-refractivity contribution in [2.45, 2.75) is 57.2 Å². The van der Waals surface area contributed by atoms with E-state index in [1.54, 1.807) is 0 Å². The van der Waals surface area contributed by atoms with Gasteiger partial charge in [-0.2, -0.15) is 0 Å². The first kappa shape index (κ1) is 14.7. The summed E-state index contributed by atoms with van der Waals surface area (Å²) in [6, 6.07) is 0.274. The molecule has 0 aromatic rings. The average Bonchev–Trinajstić information content (AvgIpc) is 2.81. The zero-order valence-corrected chi connectivity index (χ0v) is 11.2. The molecule has 0 radical (unpaired) electrons. The Bertz CT molecular complexity index is 255. The number of amides is 1. The van der Waals surface area contributed by atoms with Crippen LogP contribution in [-0.4, -0.2) is 42.1 Å². The van der Waals surface area contributed by atoms with Gasteiger partial charge in [-0.25, -0.2) is 0 Å². The minimum atomic E-state index is -0.195. The lowest BCUT2D eigenvalue weighted by atomic mass is 9.96. The number of piperidine rings is 1. The highest BCUT2D eigenvalue weighted by Crippen LogP contribution is 2.23. The molecule has 2 heterocycles. The van der Waals surface area contributed by atoms with Crippen molar-refractivity contribution in [3.63, 3.8) is 0 Å². The van der Waals surface area contributed by atoms with Gasteiger partial charge >= 0.3 is 0 Å². The van der Waals surface area contributed by atoms with Crippen LogP contribution in [0.15, 0.2) is 0 Å². The third kappa shape index (κ3) is 3.33. The van der Waals surface area contributed by atoms with Gasteiger partial charge in [0.1, 0.15) is 6.10 Å². The van der Waals surface area contributed by atoms with Gasteiger partial charge in [0.25, 0.3) is 5.91 Å². The zero-order chi connectivity index (χ0) is 11.5. The SMILES string of the molecule is CC(N)C1CCCCN1C(=O)[C@@H]1CCCO1.Cl. The van der Waals surface area contributed by atoms with Gasteiger partial charge in [0.15, 0.2) is 0 Å². The summed E-state index contributed by atoms with van der Waals surface area (Å²) in [5, 5.41) is 0. The van der Waals surface area contributed by atoms with E-state index in [1.165, 1.54) is 6.42 Å². The van der Waals surface area contributed by atoms with Crippen molar-refractivity contribution in [1.82, 2.24) is 4.90 Å². The Morgan fingerprint density at radius 2 is 2.12 bits per heavy atom. The quantitative estimate of drug-likeness (QED) is 0.817. The second-order valence-electron chi connectivity index (χ2n) is 4.96. The minimum absolute atomic E-state index is 0. The Morgan fingerprint density at radius 1 is 1.35 bits per heavy atom. The van der Waals surface area contributed by atoms with Gasteiger partial charge in [0.2, 0.25) is 0 Å². The van der Waals surface area contributed by atoms with Gasteiger partial charge in [0, 0.05) is 25.2 Å². The molecule has 17 heavy (non-hydrogen) atoms. The highest BCUT2D eigenvalue weighted by molar-refractivity contribution is 5.85. The molecule has 0 spiro atoms. The molecule has 3 atom stereocenters. The van der Waals surface area contributed by atoms with Crippen molar-refractivity contribution in [3.8, 4) is 0 Å². The van der Waals surface area contributed by atoms with Crippen LogP contribution in [0.3, 0.4) is 0 Å². The highest BCUT2D eigenvalue weighted by atomic mass is 35.5. The number of ether oxygens (including phenoxy) is 1. The number of nitrogens with two attached hydrogens (primary N) is 1. The standard InChI is InChI=1S/C12H22N2O2.ClH/c1-9(13)10-5-2-3-7-14(10)12(15)11-6-4-8-16-11;/h9-11H,2-8,13H2,1H3;1H/t9?,10?,11-;/m0./s1. The Balaban J connectivity index is 0.00000144. The molecule has 2 aliphatic heterocycles. The number of hydrogen-bond donors (Lipinski definition) is 1. The molecule has 0 aromatic carbocycles. The highest BCUT2D eigenvalue weighted by Gasteiger charge is 2.34. The number of hydrogen-bond acceptors (Lipinski definition) is 3. The molecule has 2 fully saturated rings. The smallest absolute Gasteiger partial charge is 0.252 e. The molecule has 4 nitrogen and oxygen atoms in total. The molecule has 100 valence electrons. The predicted molar refractivity (Wildman–Crippen MR) is 69.2 cm³/mol. The van der Waals surface area contributed by atoms with Gasteiger partial charge in [-0.05, 0) is 39.0 Å². The molecule has 0 aliphatic carbocycles. The summed E-state index contributed by atoms with van der Waals surface area (Å²) in [6.07, 6.45) is 5.01. The van der Waals surface area contributed by atoms with E-state index in [0.717, 1.165) is 38.8 Å². The fourth-order valence-electron chi connectivity index (χ4n) is 2.74. The van der Waals surface area contributed by atoms with Crippen LogP contribution in [0.2, 0.25) is 0 Å². The summed E-state index contributed by atoms with van der Waals surface area (Å²) >= 11 is 0. The molecule has 2 aliphatic rings. The molecule has 2 N–H and O–H groups in total.